The molecule has 0 saturated carbocycles. The molecule has 3 N–H and O–H groups in total. The van der Waals surface area contributed by atoms with Crippen LogP contribution in [-0.2, 0) is 11.2 Å². The first-order chi connectivity index (χ1) is 12.8. The summed E-state index contributed by atoms with van der Waals surface area (Å²) >= 11 is 0. The number of para-hydroxylation sites is 2. The largest absolute Gasteiger partial charge is 0.444 e. The number of hydrogen-bond donors (Lipinski definition) is 2. The normalized spacial score (nSPS) is 16.0. The van der Waals surface area contributed by atoms with E-state index in [1.54, 1.807) is 4.90 Å². The highest BCUT2D eigenvalue weighted by Crippen LogP contribution is 2.12. The number of aromatic amines is 1. The van der Waals surface area contributed by atoms with E-state index in [0.717, 1.165) is 16.9 Å². The summed E-state index contributed by atoms with van der Waals surface area (Å²) in [6.07, 6.45) is 0.426. The number of rotatable bonds is 3. The summed E-state index contributed by atoms with van der Waals surface area (Å²) in [6.45, 7) is 8.63. The van der Waals surface area contributed by atoms with Crippen LogP contribution in [0.3, 0.4) is 0 Å². The number of fused-ring (bicyclic) bond motifs is 1. The van der Waals surface area contributed by atoms with Crippen LogP contribution in [-0.4, -0.2) is 70.1 Å². The fourth-order valence-corrected chi connectivity index (χ4v) is 2.94. The number of hydrogen-bond acceptors (Lipinski definition) is 4. The standard InChI is InChI=1S/C19H28N6O2/c1-19(2,3)27-18(26)25-12-10-24(11-13-25)17(20)21-9-8-16-22-14-6-4-5-7-15(14)23-16/h4-7H,8-13H2,1-3H3,(H2,20,21)(H,22,23). The Balaban J connectivity index is 1.47. The molecule has 1 amide bonds. The summed E-state index contributed by atoms with van der Waals surface area (Å²) in [6, 6.07) is 7.95. The first kappa shape index (κ1) is 19.0. The number of carbonyl (C=O) groups excluding carboxylic acids is 1. The molecule has 0 atom stereocenters. The van der Waals surface area contributed by atoms with Crippen LogP contribution in [0.15, 0.2) is 29.3 Å². The Morgan fingerprint density at radius 1 is 1.22 bits per heavy atom. The maximum atomic E-state index is 12.1. The van der Waals surface area contributed by atoms with Gasteiger partial charge in [0.2, 0.25) is 0 Å². The molecule has 0 radical (unpaired) electrons. The average Bonchev–Trinajstić information content (AvgIpc) is 3.03. The Hall–Kier alpha value is -2.77. The summed E-state index contributed by atoms with van der Waals surface area (Å²) in [4.78, 5) is 28.1. The molecule has 1 aromatic heterocycles. The minimum atomic E-state index is -0.481. The molecule has 8 nitrogen and oxygen atoms in total. The van der Waals surface area contributed by atoms with Crippen molar-refractivity contribution in [1.29, 1.82) is 0 Å². The van der Waals surface area contributed by atoms with Crippen molar-refractivity contribution in [2.24, 2.45) is 10.7 Å². The number of aliphatic imine (C=N–C) groups is 1. The molecular weight excluding hydrogens is 344 g/mol. The summed E-state index contributed by atoms with van der Waals surface area (Å²) in [5.41, 5.74) is 7.63. The van der Waals surface area contributed by atoms with Crippen molar-refractivity contribution in [1.82, 2.24) is 19.8 Å². The lowest BCUT2D eigenvalue weighted by molar-refractivity contribution is 0.0186. The molecule has 146 valence electrons. The Labute approximate surface area is 159 Å². The molecule has 2 heterocycles. The number of piperazine rings is 1. The maximum Gasteiger partial charge on any atom is 0.410 e. The number of nitrogens with one attached hydrogen (secondary N) is 1. The van der Waals surface area contributed by atoms with E-state index in [-0.39, 0.29) is 6.09 Å². The number of carbonyl (C=O) groups is 1. The predicted molar refractivity (Wildman–Crippen MR) is 106 cm³/mol. The third-order valence-electron chi connectivity index (χ3n) is 4.32. The number of nitrogens with two attached hydrogens (primary N) is 1. The van der Waals surface area contributed by atoms with E-state index in [0.29, 0.717) is 45.1 Å². The van der Waals surface area contributed by atoms with Crippen LogP contribution in [0.25, 0.3) is 11.0 Å². The molecule has 1 aliphatic rings. The molecule has 27 heavy (non-hydrogen) atoms. The molecule has 8 heteroatoms. The highest BCUT2D eigenvalue weighted by Gasteiger charge is 2.26. The van der Waals surface area contributed by atoms with Gasteiger partial charge in [-0.1, -0.05) is 12.1 Å². The van der Waals surface area contributed by atoms with Gasteiger partial charge >= 0.3 is 6.09 Å². The van der Waals surface area contributed by atoms with Gasteiger partial charge in [0.1, 0.15) is 11.4 Å². The Bertz CT molecular complexity index is 782. The third-order valence-corrected chi connectivity index (χ3v) is 4.32. The van der Waals surface area contributed by atoms with Crippen molar-refractivity contribution in [3.63, 3.8) is 0 Å². The van der Waals surface area contributed by atoms with Crippen LogP contribution in [0.5, 0.6) is 0 Å². The molecule has 1 aromatic carbocycles. The first-order valence-electron chi connectivity index (χ1n) is 9.28. The Kier molecular flexibility index (Phi) is 5.53. The Morgan fingerprint density at radius 3 is 2.56 bits per heavy atom. The average molecular weight is 372 g/mol. The van der Waals surface area contributed by atoms with Gasteiger partial charge in [0, 0.05) is 39.1 Å². The van der Waals surface area contributed by atoms with Crippen molar-refractivity contribution in [2.45, 2.75) is 32.8 Å². The number of amides is 1. The van der Waals surface area contributed by atoms with E-state index < -0.39 is 5.60 Å². The lowest BCUT2D eigenvalue weighted by atomic mass is 10.2. The van der Waals surface area contributed by atoms with Gasteiger partial charge in [-0.15, -0.1) is 0 Å². The van der Waals surface area contributed by atoms with Crippen LogP contribution in [0.4, 0.5) is 4.79 Å². The second-order valence-corrected chi connectivity index (χ2v) is 7.65. The monoisotopic (exact) mass is 372 g/mol. The SMILES string of the molecule is CC(C)(C)OC(=O)N1CCN(C(N)=NCCc2nc3ccccc3[nH]2)CC1. The number of aromatic nitrogens is 2. The number of guanidine groups is 1. The van der Waals surface area contributed by atoms with E-state index in [9.17, 15) is 4.79 Å². The highest BCUT2D eigenvalue weighted by atomic mass is 16.6. The van der Waals surface area contributed by atoms with Crippen LogP contribution in [0.1, 0.15) is 26.6 Å². The minimum absolute atomic E-state index is 0.275. The van der Waals surface area contributed by atoms with Gasteiger partial charge in [-0.25, -0.2) is 9.78 Å². The first-order valence-corrected chi connectivity index (χ1v) is 9.28. The molecule has 0 unspecified atom stereocenters. The maximum absolute atomic E-state index is 12.1. The van der Waals surface area contributed by atoms with Crippen LogP contribution >= 0.6 is 0 Å². The third kappa shape index (κ3) is 5.12. The molecule has 0 aliphatic carbocycles. The number of benzene rings is 1. The molecule has 0 bridgehead atoms. The van der Waals surface area contributed by atoms with E-state index in [2.05, 4.69) is 15.0 Å². The van der Waals surface area contributed by atoms with Gasteiger partial charge in [0.05, 0.1) is 11.0 Å². The zero-order chi connectivity index (χ0) is 19.4. The van der Waals surface area contributed by atoms with E-state index in [1.165, 1.54) is 0 Å². The fourth-order valence-electron chi connectivity index (χ4n) is 2.94. The lowest BCUT2D eigenvalue weighted by Gasteiger charge is -2.36. The van der Waals surface area contributed by atoms with Crippen molar-refractivity contribution in [2.75, 3.05) is 32.7 Å². The molecule has 1 aliphatic heterocycles. The van der Waals surface area contributed by atoms with Gasteiger partial charge in [0.25, 0.3) is 0 Å². The van der Waals surface area contributed by atoms with Crippen LogP contribution in [0.2, 0.25) is 0 Å². The highest BCUT2D eigenvalue weighted by molar-refractivity contribution is 5.78. The van der Waals surface area contributed by atoms with E-state index in [1.807, 2.05) is 49.9 Å². The number of ether oxygens (including phenoxy) is 1. The van der Waals surface area contributed by atoms with Gasteiger partial charge < -0.3 is 25.3 Å². The molecule has 3 rings (SSSR count). The van der Waals surface area contributed by atoms with Crippen molar-refractivity contribution >= 4 is 23.1 Å². The number of nitrogens with zero attached hydrogens (tertiary/aromatic N) is 4. The van der Waals surface area contributed by atoms with Crippen molar-refractivity contribution in [3.8, 4) is 0 Å². The van der Waals surface area contributed by atoms with Gasteiger partial charge in [-0.3, -0.25) is 4.99 Å². The van der Waals surface area contributed by atoms with E-state index >= 15 is 0 Å². The van der Waals surface area contributed by atoms with E-state index in [4.69, 9.17) is 10.5 Å². The summed E-state index contributed by atoms with van der Waals surface area (Å²) in [5.74, 6) is 1.41. The summed E-state index contributed by atoms with van der Waals surface area (Å²) in [7, 11) is 0. The molecular formula is C19H28N6O2. The number of H-pyrrole nitrogens is 1. The Morgan fingerprint density at radius 2 is 1.89 bits per heavy atom. The zero-order valence-corrected chi connectivity index (χ0v) is 16.2. The zero-order valence-electron chi connectivity index (χ0n) is 16.2. The topological polar surface area (TPSA) is 99.8 Å². The molecule has 1 fully saturated rings. The molecule has 1 saturated heterocycles. The minimum Gasteiger partial charge on any atom is -0.444 e. The van der Waals surface area contributed by atoms with Crippen molar-refractivity contribution in [3.05, 3.63) is 30.1 Å². The van der Waals surface area contributed by atoms with Crippen LogP contribution < -0.4 is 5.73 Å². The fraction of sp³-hybridized carbons (Fsp3) is 0.526. The van der Waals surface area contributed by atoms with Crippen LogP contribution in [0, 0.1) is 0 Å². The second-order valence-electron chi connectivity index (χ2n) is 7.65. The summed E-state index contributed by atoms with van der Waals surface area (Å²) < 4.78 is 5.41. The summed E-state index contributed by atoms with van der Waals surface area (Å²) in [5, 5.41) is 0. The quantitative estimate of drug-likeness (QED) is 0.634. The molecule has 0 spiro atoms. The molecule has 2 aromatic rings. The van der Waals surface area contributed by atoms with Gasteiger partial charge in [0.15, 0.2) is 5.96 Å². The lowest BCUT2D eigenvalue weighted by Crippen LogP contribution is -2.53. The van der Waals surface area contributed by atoms with Crippen molar-refractivity contribution < 1.29 is 9.53 Å². The second kappa shape index (κ2) is 7.85. The smallest absolute Gasteiger partial charge is 0.410 e. The van der Waals surface area contributed by atoms with Gasteiger partial charge in [-0.2, -0.15) is 0 Å². The number of imidazole rings is 1. The predicted octanol–water partition coefficient (Wildman–Crippen LogP) is 1.97. The van der Waals surface area contributed by atoms with Gasteiger partial charge in [-0.05, 0) is 32.9 Å².